The van der Waals surface area contributed by atoms with Gasteiger partial charge in [-0.15, -0.1) is 6.58 Å². The largest absolute Gasteiger partial charge is 0.346 e. The molecule has 1 heterocycles. The molecule has 0 aromatic rings. The van der Waals surface area contributed by atoms with Gasteiger partial charge in [-0.3, -0.25) is 19.2 Å². The molecule has 5 atom stereocenters. The molecule has 0 bridgehead atoms. The van der Waals surface area contributed by atoms with Crippen LogP contribution in [-0.4, -0.2) is 104 Å². The first-order chi connectivity index (χ1) is 24.5. The van der Waals surface area contributed by atoms with Crippen LogP contribution in [0.2, 0.25) is 0 Å². The van der Waals surface area contributed by atoms with Crippen LogP contribution in [0.1, 0.15) is 113 Å². The lowest BCUT2D eigenvalue weighted by Gasteiger charge is -2.39. The molecule has 1 aliphatic heterocycles. The van der Waals surface area contributed by atoms with Crippen LogP contribution in [0.3, 0.4) is 0 Å². The first kappa shape index (κ1) is 44.4. The quantitative estimate of drug-likeness (QED) is 0.128. The van der Waals surface area contributed by atoms with Crippen LogP contribution in [0, 0.1) is 34.5 Å². The minimum Gasteiger partial charge on any atom is -0.346 e. The van der Waals surface area contributed by atoms with Gasteiger partial charge < -0.3 is 26.2 Å². The number of amides is 5. The topological polar surface area (TPSA) is 174 Å². The molecule has 2 saturated carbocycles. The number of hydrogen-bond donors (Lipinski definition) is 4. The second kappa shape index (κ2) is 18.6. The number of urea groups is 1. The first-order valence-electron chi connectivity index (χ1n) is 19.6. The molecule has 4 N–H and O–H groups in total. The van der Waals surface area contributed by atoms with E-state index in [0.717, 1.165) is 44.9 Å². The number of carbonyl (C=O) groups excluding carboxylic acids is 5. The molecule has 0 radical (unpaired) electrons. The van der Waals surface area contributed by atoms with Crippen LogP contribution in [0.25, 0.3) is 0 Å². The van der Waals surface area contributed by atoms with Gasteiger partial charge >= 0.3 is 6.03 Å². The van der Waals surface area contributed by atoms with Crippen molar-refractivity contribution in [3.8, 4) is 0 Å². The number of nitrogens with one attached hydrogen (secondary N) is 4. The van der Waals surface area contributed by atoms with Crippen molar-refractivity contribution in [2.75, 3.05) is 32.4 Å². The lowest BCUT2D eigenvalue weighted by Crippen LogP contribution is -2.62. The van der Waals surface area contributed by atoms with E-state index in [9.17, 15) is 32.4 Å². The molecule has 3 rings (SSSR count). The standard InChI is InChI=1S/C39H68N6O7S/c1-11-20-40-35(48)32(46)29(22-26-17-18-26)41-34(47)31-28(25(2)3)19-21-45(31)36(49)33(39(7,8)9)43-37(50)42-30(38(4,5)6)24-44(53(10,51)52)23-27-15-13-12-14-16-27/h11,25-31,33H,1,12-24H2,2-10H3,(H,40,48)(H,41,47)(H2,42,43,50)/t28?,29?,30-,31+,33-/m1/s1. The summed E-state index contributed by atoms with van der Waals surface area (Å²) in [6.45, 7) is 19.8. The van der Waals surface area contributed by atoms with Crippen LogP contribution >= 0.6 is 0 Å². The summed E-state index contributed by atoms with van der Waals surface area (Å²) in [5, 5.41) is 11.3. The monoisotopic (exact) mass is 764 g/mol. The summed E-state index contributed by atoms with van der Waals surface area (Å²) in [5.41, 5.74) is -1.29. The van der Waals surface area contributed by atoms with E-state index in [2.05, 4.69) is 27.8 Å². The average Bonchev–Trinajstić information content (AvgIpc) is 3.76. The Morgan fingerprint density at radius 3 is 2.00 bits per heavy atom. The van der Waals surface area contributed by atoms with Gasteiger partial charge in [0.25, 0.3) is 5.91 Å². The SMILES string of the molecule is C=CCNC(=O)C(=O)C(CC1CC1)NC(=O)[C@@H]1C(C(C)C)CCN1C(=O)[C@@H](NC(=O)N[C@H](CN(CC1CCCCC1)S(C)(=O)=O)C(C)(C)C)C(C)(C)C. The summed E-state index contributed by atoms with van der Waals surface area (Å²) in [4.78, 5) is 69.9. The van der Waals surface area contributed by atoms with Gasteiger partial charge in [0.1, 0.15) is 12.1 Å². The maximum Gasteiger partial charge on any atom is 0.315 e. The summed E-state index contributed by atoms with van der Waals surface area (Å²) in [5.74, 6) is -2.11. The van der Waals surface area contributed by atoms with Gasteiger partial charge in [0, 0.05) is 32.2 Å². The van der Waals surface area contributed by atoms with Gasteiger partial charge in [0.05, 0.1) is 12.3 Å². The van der Waals surface area contributed by atoms with Crippen molar-refractivity contribution in [3.05, 3.63) is 12.7 Å². The van der Waals surface area contributed by atoms with Crippen molar-refractivity contribution in [2.45, 2.75) is 137 Å². The molecule has 14 heteroatoms. The Balaban J connectivity index is 1.83. The maximum absolute atomic E-state index is 14.5. The Hall–Kier alpha value is -3.00. The zero-order valence-corrected chi connectivity index (χ0v) is 34.6. The highest BCUT2D eigenvalue weighted by molar-refractivity contribution is 7.88. The van der Waals surface area contributed by atoms with E-state index in [1.807, 2.05) is 55.4 Å². The fourth-order valence-corrected chi connectivity index (χ4v) is 8.47. The predicted octanol–water partition coefficient (Wildman–Crippen LogP) is 3.99. The van der Waals surface area contributed by atoms with E-state index in [0.29, 0.717) is 19.4 Å². The normalized spacial score (nSPS) is 21.8. The first-order valence-corrected chi connectivity index (χ1v) is 21.4. The summed E-state index contributed by atoms with van der Waals surface area (Å²) < 4.78 is 27.4. The van der Waals surface area contributed by atoms with E-state index in [-0.39, 0.29) is 43.3 Å². The summed E-state index contributed by atoms with van der Waals surface area (Å²) >= 11 is 0. The molecule has 3 fully saturated rings. The van der Waals surface area contributed by atoms with Gasteiger partial charge in [-0.1, -0.05) is 93.6 Å². The number of likely N-dealkylation sites (tertiary alicyclic amines) is 1. The Bertz CT molecular complexity index is 1430. The van der Waals surface area contributed by atoms with Gasteiger partial charge in [0.2, 0.25) is 27.6 Å². The van der Waals surface area contributed by atoms with E-state index in [4.69, 9.17) is 0 Å². The van der Waals surface area contributed by atoms with Crippen molar-refractivity contribution < 1.29 is 32.4 Å². The van der Waals surface area contributed by atoms with E-state index in [1.54, 1.807) is 0 Å². The summed E-state index contributed by atoms with van der Waals surface area (Å²) in [7, 11) is -3.56. The number of nitrogens with zero attached hydrogens (tertiary/aromatic N) is 2. The molecule has 1 saturated heterocycles. The molecule has 5 amide bonds. The Morgan fingerprint density at radius 1 is 0.868 bits per heavy atom. The van der Waals surface area contributed by atoms with Crippen LogP contribution < -0.4 is 21.3 Å². The van der Waals surface area contributed by atoms with Gasteiger partial charge in [-0.05, 0) is 60.2 Å². The van der Waals surface area contributed by atoms with Crippen molar-refractivity contribution >= 4 is 39.6 Å². The molecule has 53 heavy (non-hydrogen) atoms. The smallest absolute Gasteiger partial charge is 0.315 e. The van der Waals surface area contributed by atoms with Gasteiger partial charge in [0.15, 0.2) is 0 Å². The lowest BCUT2D eigenvalue weighted by molar-refractivity contribution is -0.144. The van der Waals surface area contributed by atoms with Crippen molar-refractivity contribution in [1.82, 2.24) is 30.5 Å². The number of carbonyl (C=O) groups is 5. The van der Waals surface area contributed by atoms with Crippen LogP contribution in [0.5, 0.6) is 0 Å². The fraction of sp³-hybridized carbons (Fsp3) is 0.821. The third-order valence-electron chi connectivity index (χ3n) is 11.2. The summed E-state index contributed by atoms with van der Waals surface area (Å²) in [6, 6.07) is -4.15. The molecule has 3 aliphatic rings. The Morgan fingerprint density at radius 2 is 1.49 bits per heavy atom. The molecule has 13 nitrogen and oxygen atoms in total. The van der Waals surface area contributed by atoms with Crippen LogP contribution in [0.4, 0.5) is 4.79 Å². The summed E-state index contributed by atoms with van der Waals surface area (Å²) in [6.07, 6.45) is 10.7. The molecule has 0 aromatic heterocycles. The predicted molar refractivity (Wildman–Crippen MR) is 207 cm³/mol. The van der Waals surface area contributed by atoms with E-state index >= 15 is 0 Å². The minimum absolute atomic E-state index is 0.0281. The Labute approximate surface area is 318 Å². The Kier molecular flexibility index (Phi) is 15.5. The second-order valence-corrected chi connectivity index (χ2v) is 20.2. The molecule has 0 aromatic carbocycles. The third kappa shape index (κ3) is 13.1. The van der Waals surface area contributed by atoms with Gasteiger partial charge in [-0.2, -0.15) is 4.31 Å². The van der Waals surface area contributed by atoms with E-state index < -0.39 is 74.6 Å². The lowest BCUT2D eigenvalue weighted by atomic mass is 9.84. The fourth-order valence-electron chi connectivity index (χ4n) is 7.57. The highest BCUT2D eigenvalue weighted by atomic mass is 32.2. The molecule has 302 valence electrons. The number of ketones is 1. The minimum atomic E-state index is -3.56. The zero-order valence-electron chi connectivity index (χ0n) is 33.8. The van der Waals surface area contributed by atoms with Crippen LogP contribution in [-0.2, 0) is 29.2 Å². The number of Topliss-reactive ketones (excluding diaryl/α,β-unsaturated/α-hetero) is 1. The number of rotatable bonds is 17. The molecule has 2 unspecified atom stereocenters. The molecular weight excluding hydrogens is 697 g/mol. The number of sulfonamides is 1. The molecule has 0 spiro atoms. The van der Waals surface area contributed by atoms with Crippen molar-refractivity contribution in [1.29, 1.82) is 0 Å². The maximum atomic E-state index is 14.5. The zero-order chi connectivity index (χ0) is 39.9. The van der Waals surface area contributed by atoms with Crippen molar-refractivity contribution in [2.24, 2.45) is 34.5 Å². The van der Waals surface area contributed by atoms with Crippen molar-refractivity contribution in [3.63, 3.8) is 0 Å². The molecule has 2 aliphatic carbocycles. The third-order valence-corrected chi connectivity index (χ3v) is 12.4. The highest BCUT2D eigenvalue weighted by Crippen LogP contribution is 2.36. The second-order valence-electron chi connectivity index (χ2n) is 18.2. The average molecular weight is 765 g/mol. The van der Waals surface area contributed by atoms with E-state index in [1.165, 1.54) is 21.5 Å². The van der Waals surface area contributed by atoms with Gasteiger partial charge in [-0.25, -0.2) is 13.2 Å². The molecular formula is C39H68N6O7S. The van der Waals surface area contributed by atoms with Crippen LogP contribution in [0.15, 0.2) is 12.7 Å². The number of hydrogen-bond acceptors (Lipinski definition) is 7. The highest BCUT2D eigenvalue weighted by Gasteiger charge is 2.48.